The van der Waals surface area contributed by atoms with Gasteiger partial charge in [-0.25, -0.2) is 4.98 Å². The minimum atomic E-state index is 0.604. The zero-order valence-electron chi connectivity index (χ0n) is 11.6. The van der Waals surface area contributed by atoms with Crippen LogP contribution in [0, 0.1) is 0 Å². The summed E-state index contributed by atoms with van der Waals surface area (Å²) in [5.74, 6) is 1.47. The van der Waals surface area contributed by atoms with E-state index in [1.807, 2.05) is 0 Å². The summed E-state index contributed by atoms with van der Waals surface area (Å²) in [6, 6.07) is 0. The molecular formula is C12H21BrN4O2. The van der Waals surface area contributed by atoms with Crippen LogP contribution in [0.2, 0.25) is 0 Å². The number of ether oxygens (including phenoxy) is 2. The average molecular weight is 333 g/mol. The molecule has 19 heavy (non-hydrogen) atoms. The molecule has 0 aliphatic carbocycles. The highest BCUT2D eigenvalue weighted by atomic mass is 79.9. The number of hydrogen-bond donors (Lipinski definition) is 1. The molecule has 108 valence electrons. The van der Waals surface area contributed by atoms with Gasteiger partial charge in [0.15, 0.2) is 0 Å². The Hall–Kier alpha value is -0.920. The van der Waals surface area contributed by atoms with Crippen LogP contribution in [-0.4, -0.2) is 57.5 Å². The summed E-state index contributed by atoms with van der Waals surface area (Å²) in [6.07, 6.45) is 2.69. The minimum absolute atomic E-state index is 0.604. The zero-order chi connectivity index (χ0) is 14.1. The topological polar surface area (TPSA) is 59.5 Å². The van der Waals surface area contributed by atoms with Crippen molar-refractivity contribution in [3.63, 3.8) is 0 Å². The van der Waals surface area contributed by atoms with Crippen molar-refractivity contribution in [2.45, 2.75) is 6.42 Å². The monoisotopic (exact) mass is 332 g/mol. The Bertz CT molecular complexity index is 379. The fourth-order valence-electron chi connectivity index (χ4n) is 1.63. The van der Waals surface area contributed by atoms with E-state index >= 15 is 0 Å². The summed E-state index contributed by atoms with van der Waals surface area (Å²) in [5.41, 5.74) is 0. The zero-order valence-corrected chi connectivity index (χ0v) is 13.2. The number of hydrogen-bond acceptors (Lipinski definition) is 6. The molecule has 0 aromatic carbocycles. The molecule has 0 spiro atoms. The molecule has 0 unspecified atom stereocenters. The number of anilines is 2. The van der Waals surface area contributed by atoms with Crippen molar-refractivity contribution in [2.75, 3.05) is 57.8 Å². The summed E-state index contributed by atoms with van der Waals surface area (Å²) in [6.45, 7) is 3.01. The van der Waals surface area contributed by atoms with Gasteiger partial charge in [0.1, 0.15) is 5.82 Å². The Morgan fingerprint density at radius 2 is 2.00 bits per heavy atom. The Kier molecular flexibility index (Phi) is 7.69. The maximum Gasteiger partial charge on any atom is 0.224 e. The molecule has 0 radical (unpaired) electrons. The molecule has 1 N–H and O–H groups in total. The molecule has 0 atom stereocenters. The molecular weight excluding hydrogens is 312 g/mol. The number of halogens is 1. The second kappa shape index (κ2) is 9.06. The van der Waals surface area contributed by atoms with E-state index in [0.29, 0.717) is 12.6 Å². The molecule has 1 aromatic heterocycles. The Labute approximate surface area is 122 Å². The summed E-state index contributed by atoms with van der Waals surface area (Å²) >= 11 is 3.49. The lowest BCUT2D eigenvalue weighted by molar-refractivity contribution is 0.191. The lowest BCUT2D eigenvalue weighted by Gasteiger charge is -2.24. The van der Waals surface area contributed by atoms with Crippen molar-refractivity contribution in [2.24, 2.45) is 0 Å². The van der Waals surface area contributed by atoms with E-state index in [-0.39, 0.29) is 0 Å². The van der Waals surface area contributed by atoms with Crippen LogP contribution >= 0.6 is 15.9 Å². The maximum atomic E-state index is 5.15. The van der Waals surface area contributed by atoms with Crippen LogP contribution in [0.4, 0.5) is 11.8 Å². The molecule has 0 aliphatic rings. The van der Waals surface area contributed by atoms with E-state index in [4.69, 9.17) is 9.47 Å². The first-order chi connectivity index (χ1) is 9.22. The Balaban J connectivity index is 2.81. The minimum Gasteiger partial charge on any atom is -0.385 e. The highest BCUT2D eigenvalue weighted by molar-refractivity contribution is 9.10. The Morgan fingerprint density at radius 3 is 2.63 bits per heavy atom. The highest BCUT2D eigenvalue weighted by Gasteiger charge is 2.13. The van der Waals surface area contributed by atoms with Crippen LogP contribution in [-0.2, 0) is 9.47 Å². The van der Waals surface area contributed by atoms with E-state index < -0.39 is 0 Å². The van der Waals surface area contributed by atoms with Crippen molar-refractivity contribution in [3.05, 3.63) is 10.7 Å². The van der Waals surface area contributed by atoms with Gasteiger partial charge in [0, 0.05) is 47.2 Å². The van der Waals surface area contributed by atoms with Crippen LogP contribution in [0.3, 0.4) is 0 Å². The smallest absolute Gasteiger partial charge is 0.224 e. The molecule has 1 heterocycles. The van der Waals surface area contributed by atoms with Gasteiger partial charge in [-0.1, -0.05) is 0 Å². The average Bonchev–Trinajstić information content (AvgIpc) is 2.43. The molecule has 0 amide bonds. The van der Waals surface area contributed by atoms with Crippen LogP contribution in [0.1, 0.15) is 6.42 Å². The van der Waals surface area contributed by atoms with E-state index in [9.17, 15) is 0 Å². The molecule has 0 aliphatic heterocycles. The van der Waals surface area contributed by atoms with Gasteiger partial charge in [-0.15, -0.1) is 0 Å². The molecule has 1 rings (SSSR count). The fraction of sp³-hybridized carbons (Fsp3) is 0.667. The van der Waals surface area contributed by atoms with Gasteiger partial charge in [0.2, 0.25) is 5.95 Å². The van der Waals surface area contributed by atoms with Crippen molar-refractivity contribution < 1.29 is 9.47 Å². The van der Waals surface area contributed by atoms with Gasteiger partial charge in [0.25, 0.3) is 0 Å². The number of nitrogens with one attached hydrogen (secondary N) is 1. The Morgan fingerprint density at radius 1 is 1.26 bits per heavy atom. The van der Waals surface area contributed by atoms with Gasteiger partial charge in [0.05, 0.1) is 11.1 Å². The lowest BCUT2D eigenvalue weighted by atomic mass is 10.3. The van der Waals surface area contributed by atoms with Gasteiger partial charge in [-0.05, 0) is 22.4 Å². The van der Waals surface area contributed by atoms with Crippen molar-refractivity contribution in [3.8, 4) is 0 Å². The standard InChI is InChI=1S/C12H21BrN4O2/c1-14-12-15-9-10(13)11(16-12)17(6-8-19-3)5-4-7-18-2/h9H,4-8H2,1-3H3,(H,14,15,16). The number of methoxy groups -OCH3 is 2. The maximum absolute atomic E-state index is 5.15. The van der Waals surface area contributed by atoms with E-state index in [2.05, 4.69) is 36.1 Å². The van der Waals surface area contributed by atoms with E-state index in [0.717, 1.165) is 36.4 Å². The quantitative estimate of drug-likeness (QED) is 0.695. The van der Waals surface area contributed by atoms with Crippen LogP contribution in [0.25, 0.3) is 0 Å². The molecule has 0 fully saturated rings. The predicted octanol–water partition coefficient (Wildman–Crippen LogP) is 1.77. The van der Waals surface area contributed by atoms with Crippen molar-refractivity contribution >= 4 is 27.7 Å². The fourth-order valence-corrected chi connectivity index (χ4v) is 2.07. The molecule has 7 heteroatoms. The van der Waals surface area contributed by atoms with Crippen LogP contribution in [0.5, 0.6) is 0 Å². The molecule has 0 bridgehead atoms. The van der Waals surface area contributed by atoms with E-state index in [1.54, 1.807) is 27.5 Å². The van der Waals surface area contributed by atoms with Gasteiger partial charge in [-0.3, -0.25) is 0 Å². The molecule has 1 aromatic rings. The first kappa shape index (κ1) is 16.1. The summed E-state index contributed by atoms with van der Waals surface area (Å²) in [7, 11) is 5.21. The van der Waals surface area contributed by atoms with Crippen LogP contribution in [0.15, 0.2) is 10.7 Å². The number of aromatic nitrogens is 2. The largest absolute Gasteiger partial charge is 0.385 e. The van der Waals surface area contributed by atoms with E-state index in [1.165, 1.54) is 0 Å². The molecule has 0 saturated carbocycles. The van der Waals surface area contributed by atoms with Gasteiger partial charge < -0.3 is 19.7 Å². The second-order valence-electron chi connectivity index (χ2n) is 3.94. The van der Waals surface area contributed by atoms with Crippen LogP contribution < -0.4 is 10.2 Å². The summed E-state index contributed by atoms with van der Waals surface area (Å²) in [4.78, 5) is 10.8. The summed E-state index contributed by atoms with van der Waals surface area (Å²) in [5, 5.41) is 2.95. The molecule has 6 nitrogen and oxygen atoms in total. The first-order valence-corrected chi connectivity index (χ1v) is 6.95. The number of rotatable bonds is 9. The lowest BCUT2D eigenvalue weighted by Crippen LogP contribution is -2.30. The third-order valence-electron chi connectivity index (χ3n) is 2.59. The number of nitrogens with zero attached hydrogens (tertiary/aromatic N) is 3. The SMILES string of the molecule is CNc1ncc(Br)c(N(CCCOC)CCOC)n1. The normalized spacial score (nSPS) is 10.5. The second-order valence-corrected chi connectivity index (χ2v) is 4.80. The first-order valence-electron chi connectivity index (χ1n) is 6.16. The van der Waals surface area contributed by atoms with Gasteiger partial charge in [-0.2, -0.15) is 4.98 Å². The third kappa shape index (κ3) is 5.30. The summed E-state index contributed by atoms with van der Waals surface area (Å²) < 4.78 is 11.1. The third-order valence-corrected chi connectivity index (χ3v) is 3.15. The van der Waals surface area contributed by atoms with Crippen molar-refractivity contribution in [1.29, 1.82) is 0 Å². The van der Waals surface area contributed by atoms with Crippen molar-refractivity contribution in [1.82, 2.24) is 9.97 Å². The highest BCUT2D eigenvalue weighted by Crippen LogP contribution is 2.24. The van der Waals surface area contributed by atoms with Gasteiger partial charge >= 0.3 is 0 Å². The predicted molar refractivity (Wildman–Crippen MR) is 79.9 cm³/mol. The molecule has 0 saturated heterocycles.